The summed E-state index contributed by atoms with van der Waals surface area (Å²) >= 11 is 1.54. The first-order valence-corrected chi connectivity index (χ1v) is 4.31. The highest BCUT2D eigenvalue weighted by Gasteiger charge is 2.31. The van der Waals surface area contributed by atoms with Crippen molar-refractivity contribution in [1.82, 2.24) is 9.21 Å². The summed E-state index contributed by atoms with van der Waals surface area (Å²) in [6, 6.07) is 0.642. The Morgan fingerprint density at radius 3 is 3.30 bits per heavy atom. The number of likely N-dealkylation sites (N-methyl/N-ethyl adjacent to an activating group) is 1. The standard InChI is InChI=1S/C6H12N2OS/c1-7-2-3-8-6(4-7)5-9-10-8/h6H,2-5H2,1H3. The third-order valence-electron chi connectivity index (χ3n) is 2.04. The van der Waals surface area contributed by atoms with Crippen molar-refractivity contribution >= 4 is 12.2 Å². The Morgan fingerprint density at radius 1 is 1.50 bits per heavy atom. The lowest BCUT2D eigenvalue weighted by Crippen LogP contribution is -2.47. The fraction of sp³-hybridized carbons (Fsp3) is 1.00. The third kappa shape index (κ3) is 1.16. The van der Waals surface area contributed by atoms with Crippen LogP contribution in [-0.4, -0.2) is 48.5 Å². The SMILES string of the molecule is CN1CCN2SOCC2C1. The van der Waals surface area contributed by atoms with Gasteiger partial charge in [-0.15, -0.1) is 0 Å². The van der Waals surface area contributed by atoms with Gasteiger partial charge in [0.05, 0.1) is 24.9 Å². The Bertz CT molecular complexity index is 133. The minimum absolute atomic E-state index is 0.642. The van der Waals surface area contributed by atoms with Gasteiger partial charge in [-0.3, -0.25) is 4.18 Å². The van der Waals surface area contributed by atoms with Gasteiger partial charge in [-0.25, -0.2) is 4.31 Å². The van der Waals surface area contributed by atoms with Crippen LogP contribution in [0.1, 0.15) is 0 Å². The van der Waals surface area contributed by atoms with Crippen LogP contribution >= 0.6 is 12.2 Å². The van der Waals surface area contributed by atoms with Crippen molar-refractivity contribution in [2.24, 2.45) is 0 Å². The summed E-state index contributed by atoms with van der Waals surface area (Å²) in [5.41, 5.74) is 0. The fourth-order valence-electron chi connectivity index (χ4n) is 1.40. The normalized spacial score (nSPS) is 36.3. The Labute approximate surface area is 65.7 Å². The van der Waals surface area contributed by atoms with Gasteiger partial charge in [-0.2, -0.15) is 0 Å². The van der Waals surface area contributed by atoms with E-state index in [1.165, 1.54) is 18.8 Å². The molecule has 10 heavy (non-hydrogen) atoms. The molecule has 0 amide bonds. The van der Waals surface area contributed by atoms with Crippen LogP contribution < -0.4 is 0 Å². The Kier molecular flexibility index (Phi) is 1.86. The van der Waals surface area contributed by atoms with Gasteiger partial charge in [0.15, 0.2) is 0 Å². The first kappa shape index (κ1) is 6.91. The molecule has 2 aliphatic heterocycles. The van der Waals surface area contributed by atoms with Crippen molar-refractivity contribution in [2.45, 2.75) is 6.04 Å². The summed E-state index contributed by atoms with van der Waals surface area (Å²) < 4.78 is 7.59. The molecule has 2 rings (SSSR count). The zero-order chi connectivity index (χ0) is 6.97. The van der Waals surface area contributed by atoms with Crippen LogP contribution in [0.5, 0.6) is 0 Å². The molecular formula is C6H12N2OS. The maximum absolute atomic E-state index is 5.26. The first-order valence-electron chi connectivity index (χ1n) is 3.61. The monoisotopic (exact) mass is 160 g/mol. The van der Waals surface area contributed by atoms with Gasteiger partial charge in [-0.1, -0.05) is 0 Å². The molecule has 4 heteroatoms. The summed E-state index contributed by atoms with van der Waals surface area (Å²) in [7, 11) is 2.17. The summed E-state index contributed by atoms with van der Waals surface area (Å²) in [5, 5.41) is 0. The van der Waals surface area contributed by atoms with Crippen molar-refractivity contribution in [1.29, 1.82) is 0 Å². The van der Waals surface area contributed by atoms with E-state index in [9.17, 15) is 0 Å². The smallest absolute Gasteiger partial charge is 0.0824 e. The number of hydrogen-bond acceptors (Lipinski definition) is 4. The van der Waals surface area contributed by atoms with E-state index in [0.717, 1.165) is 19.7 Å². The second-order valence-corrected chi connectivity index (χ2v) is 3.77. The lowest BCUT2D eigenvalue weighted by molar-refractivity contribution is 0.168. The van der Waals surface area contributed by atoms with E-state index < -0.39 is 0 Å². The quantitative estimate of drug-likeness (QED) is 0.371. The van der Waals surface area contributed by atoms with Crippen LogP contribution in [0.25, 0.3) is 0 Å². The number of hydrogen-bond donors (Lipinski definition) is 0. The van der Waals surface area contributed by atoms with Gasteiger partial charge in [0, 0.05) is 19.6 Å². The maximum Gasteiger partial charge on any atom is 0.0824 e. The van der Waals surface area contributed by atoms with E-state index in [-0.39, 0.29) is 0 Å². The predicted octanol–water partition coefficient (Wildman–Crippen LogP) is 0.196. The summed E-state index contributed by atoms with van der Waals surface area (Å²) in [4.78, 5) is 2.36. The van der Waals surface area contributed by atoms with Crippen LogP contribution in [0, 0.1) is 0 Å². The highest BCUT2D eigenvalue weighted by molar-refractivity contribution is 7.92. The number of nitrogens with zero attached hydrogens (tertiary/aromatic N) is 2. The molecule has 2 fully saturated rings. The summed E-state index contributed by atoms with van der Waals surface area (Å²) in [6.07, 6.45) is 0. The Balaban J connectivity index is 1.96. The largest absolute Gasteiger partial charge is 0.303 e. The molecule has 0 N–H and O–H groups in total. The Hall–Kier alpha value is 0.230. The van der Waals surface area contributed by atoms with Crippen LogP contribution in [0.2, 0.25) is 0 Å². The van der Waals surface area contributed by atoms with Gasteiger partial charge < -0.3 is 4.90 Å². The minimum atomic E-state index is 0.642. The molecule has 1 unspecified atom stereocenters. The topological polar surface area (TPSA) is 15.7 Å². The molecule has 2 saturated heterocycles. The van der Waals surface area contributed by atoms with Crippen molar-refractivity contribution in [3.63, 3.8) is 0 Å². The zero-order valence-corrected chi connectivity index (χ0v) is 6.93. The molecule has 58 valence electrons. The molecule has 1 atom stereocenters. The molecule has 2 aliphatic rings. The molecule has 0 aromatic heterocycles. The van der Waals surface area contributed by atoms with Gasteiger partial charge in [0.1, 0.15) is 0 Å². The van der Waals surface area contributed by atoms with Gasteiger partial charge in [0.2, 0.25) is 0 Å². The van der Waals surface area contributed by atoms with Crippen LogP contribution in [0.15, 0.2) is 0 Å². The second-order valence-electron chi connectivity index (χ2n) is 2.92. The predicted molar refractivity (Wildman–Crippen MR) is 41.5 cm³/mol. The minimum Gasteiger partial charge on any atom is -0.303 e. The molecule has 0 aromatic carbocycles. The average molecular weight is 160 g/mol. The summed E-state index contributed by atoms with van der Waals surface area (Å²) in [5.74, 6) is 0. The maximum atomic E-state index is 5.26. The van der Waals surface area contributed by atoms with Gasteiger partial charge >= 0.3 is 0 Å². The van der Waals surface area contributed by atoms with Crippen molar-refractivity contribution in [3.05, 3.63) is 0 Å². The Morgan fingerprint density at radius 2 is 2.40 bits per heavy atom. The van der Waals surface area contributed by atoms with Crippen molar-refractivity contribution in [3.8, 4) is 0 Å². The molecule has 0 aliphatic carbocycles. The molecule has 0 aromatic rings. The van der Waals surface area contributed by atoms with Crippen LogP contribution in [0.3, 0.4) is 0 Å². The van der Waals surface area contributed by atoms with Crippen LogP contribution in [0.4, 0.5) is 0 Å². The second kappa shape index (κ2) is 2.70. The van der Waals surface area contributed by atoms with E-state index in [0.29, 0.717) is 6.04 Å². The van der Waals surface area contributed by atoms with Gasteiger partial charge in [0.25, 0.3) is 0 Å². The highest BCUT2D eigenvalue weighted by atomic mass is 32.2. The lowest BCUT2D eigenvalue weighted by Gasteiger charge is -2.32. The summed E-state index contributed by atoms with van der Waals surface area (Å²) in [6.45, 7) is 4.38. The third-order valence-corrected chi connectivity index (χ3v) is 2.95. The molecule has 3 nitrogen and oxygen atoms in total. The van der Waals surface area contributed by atoms with Gasteiger partial charge in [-0.05, 0) is 7.05 Å². The van der Waals surface area contributed by atoms with E-state index in [1.807, 2.05) is 0 Å². The number of rotatable bonds is 0. The molecular weight excluding hydrogens is 148 g/mol. The highest BCUT2D eigenvalue weighted by Crippen LogP contribution is 2.26. The van der Waals surface area contributed by atoms with E-state index in [4.69, 9.17) is 4.18 Å². The van der Waals surface area contributed by atoms with Crippen molar-refractivity contribution < 1.29 is 4.18 Å². The van der Waals surface area contributed by atoms with Crippen LogP contribution in [-0.2, 0) is 4.18 Å². The number of fused-ring (bicyclic) bond motifs is 1. The molecule has 0 saturated carbocycles. The molecule has 0 bridgehead atoms. The first-order chi connectivity index (χ1) is 4.86. The molecule has 0 radical (unpaired) electrons. The van der Waals surface area contributed by atoms with E-state index in [1.54, 1.807) is 0 Å². The zero-order valence-electron chi connectivity index (χ0n) is 6.12. The van der Waals surface area contributed by atoms with Crippen molar-refractivity contribution in [2.75, 3.05) is 33.3 Å². The number of piperazine rings is 1. The van der Waals surface area contributed by atoms with E-state index >= 15 is 0 Å². The molecule has 2 heterocycles. The lowest BCUT2D eigenvalue weighted by atomic mass is 10.2. The fourth-order valence-corrected chi connectivity index (χ4v) is 2.16. The average Bonchev–Trinajstić information content (AvgIpc) is 2.33. The molecule has 0 spiro atoms. The van der Waals surface area contributed by atoms with E-state index in [2.05, 4.69) is 16.3 Å².